The van der Waals surface area contributed by atoms with Crippen LogP contribution in [-0.2, 0) is 9.53 Å². The van der Waals surface area contributed by atoms with Gasteiger partial charge in [-0.25, -0.2) is 23.6 Å². The van der Waals surface area contributed by atoms with Crippen LogP contribution in [0.5, 0.6) is 11.5 Å². The lowest BCUT2D eigenvalue weighted by molar-refractivity contribution is -0.136. The van der Waals surface area contributed by atoms with E-state index >= 15 is 0 Å². The number of hydrogen-bond donors (Lipinski definition) is 1. The number of anilines is 2. The Labute approximate surface area is 301 Å². The largest absolute Gasteiger partial charge is 0.497 e. The van der Waals surface area contributed by atoms with Crippen molar-refractivity contribution in [3.8, 4) is 11.5 Å². The molecule has 0 saturated carbocycles. The highest BCUT2D eigenvalue weighted by Crippen LogP contribution is 2.37. The van der Waals surface area contributed by atoms with Crippen molar-refractivity contribution in [1.82, 2.24) is 19.5 Å². The first-order valence-electron chi connectivity index (χ1n) is 16.9. The van der Waals surface area contributed by atoms with Gasteiger partial charge in [0.1, 0.15) is 23.4 Å². The van der Waals surface area contributed by atoms with Gasteiger partial charge in [-0.1, -0.05) is 12.1 Å². The first-order chi connectivity index (χ1) is 24.8. The molecule has 1 N–H and O–H groups in total. The Morgan fingerprint density at radius 3 is 2.21 bits per heavy atom. The molecule has 3 aromatic carbocycles. The fourth-order valence-corrected chi connectivity index (χ4v) is 5.98. The fraction of sp³-hybridized carbons (Fsp3) is 0.378. The van der Waals surface area contributed by atoms with Crippen molar-refractivity contribution in [2.24, 2.45) is 0 Å². The molecule has 15 heteroatoms. The van der Waals surface area contributed by atoms with Gasteiger partial charge >= 0.3 is 12.1 Å². The van der Waals surface area contributed by atoms with Crippen molar-refractivity contribution in [3.63, 3.8) is 0 Å². The van der Waals surface area contributed by atoms with Crippen LogP contribution in [0.2, 0.25) is 0 Å². The second kappa shape index (κ2) is 16.0. The third-order valence-corrected chi connectivity index (χ3v) is 8.91. The average molecular weight is 718 g/mol. The number of piperazine rings is 1. The van der Waals surface area contributed by atoms with Crippen LogP contribution in [0.4, 0.5) is 25.4 Å². The third kappa shape index (κ3) is 7.87. The van der Waals surface area contributed by atoms with Crippen molar-refractivity contribution in [2.75, 3.05) is 62.7 Å². The molecule has 1 unspecified atom stereocenters. The Kier molecular flexibility index (Phi) is 11.5. The van der Waals surface area contributed by atoms with Gasteiger partial charge in [0.2, 0.25) is 5.91 Å². The topological polar surface area (TPSA) is 139 Å². The van der Waals surface area contributed by atoms with Crippen molar-refractivity contribution in [3.05, 3.63) is 88.7 Å². The number of likely N-dealkylation sites (N-methyl/N-ethyl adjacent to an activating group) is 1. The lowest BCUT2D eigenvalue weighted by Crippen LogP contribution is -2.59. The number of fused-ring (bicyclic) bond motifs is 1. The predicted molar refractivity (Wildman–Crippen MR) is 195 cm³/mol. The van der Waals surface area contributed by atoms with Crippen molar-refractivity contribution >= 4 is 40.3 Å². The van der Waals surface area contributed by atoms with Crippen LogP contribution >= 0.6 is 0 Å². The van der Waals surface area contributed by atoms with E-state index < -0.39 is 30.0 Å². The van der Waals surface area contributed by atoms with Crippen LogP contribution in [0.3, 0.4) is 0 Å². The van der Waals surface area contributed by atoms with Crippen LogP contribution in [0.1, 0.15) is 39.6 Å². The van der Waals surface area contributed by atoms with Gasteiger partial charge < -0.3 is 29.4 Å². The van der Waals surface area contributed by atoms with E-state index in [1.807, 2.05) is 0 Å². The molecule has 4 amide bonds. The van der Waals surface area contributed by atoms with Gasteiger partial charge in [0.05, 0.1) is 56.0 Å². The Morgan fingerprint density at radius 2 is 1.58 bits per heavy atom. The number of amides is 4. The number of ether oxygens (including phenoxy) is 3. The lowest BCUT2D eigenvalue weighted by Gasteiger charge is -2.40. The Balaban J connectivity index is 1.53. The zero-order valence-corrected chi connectivity index (χ0v) is 30.3. The molecule has 1 saturated heterocycles. The summed E-state index contributed by atoms with van der Waals surface area (Å²) in [4.78, 5) is 63.8. The van der Waals surface area contributed by atoms with E-state index in [0.717, 1.165) is 0 Å². The highest BCUT2D eigenvalue weighted by atomic mass is 19.1. The van der Waals surface area contributed by atoms with Crippen molar-refractivity contribution < 1.29 is 33.0 Å². The Bertz CT molecular complexity index is 1980. The first kappa shape index (κ1) is 37.4. The summed E-state index contributed by atoms with van der Waals surface area (Å²) in [6.45, 7) is 7.88. The number of nitrogens with one attached hydrogen (secondary N) is 1. The summed E-state index contributed by atoms with van der Waals surface area (Å²) in [5.74, 6) is 0.355. The standard InChI is InChI=1S/C37H44FN7O7/c1-23(2)52-37(49)41(5)25(4)34(46)42-18-20-43(21-19-42)45-33(40-30-11-9-8-10-29(30)35(45)47)24(3)44(31-17-16-28(50-6)22-32(31)51-7)36(48)39-27-14-12-26(38)13-15-27/h8-17,22-25H,18-21H2,1-7H3,(H,39,48)/t24?,25-/m0/s1. The summed E-state index contributed by atoms with van der Waals surface area (Å²) in [7, 11) is 4.50. The van der Waals surface area contributed by atoms with E-state index in [0.29, 0.717) is 33.8 Å². The van der Waals surface area contributed by atoms with Gasteiger partial charge in [0.15, 0.2) is 5.82 Å². The monoisotopic (exact) mass is 717 g/mol. The molecule has 1 aliphatic rings. The summed E-state index contributed by atoms with van der Waals surface area (Å²) in [6.07, 6.45) is -0.926. The van der Waals surface area contributed by atoms with Gasteiger partial charge in [-0.3, -0.25) is 19.4 Å². The number of carbonyl (C=O) groups is 3. The summed E-state index contributed by atoms with van der Waals surface area (Å²) in [6, 6.07) is 15.0. The van der Waals surface area contributed by atoms with Crippen LogP contribution < -0.4 is 30.3 Å². The normalized spacial score (nSPS) is 14.1. The van der Waals surface area contributed by atoms with Gasteiger partial charge in [-0.05, 0) is 76.2 Å². The molecule has 276 valence electrons. The molecule has 1 aromatic heterocycles. The summed E-state index contributed by atoms with van der Waals surface area (Å²) < 4.78 is 31.6. The molecule has 1 aliphatic heterocycles. The molecule has 0 spiro atoms. The molecule has 5 rings (SSSR count). The third-order valence-electron chi connectivity index (χ3n) is 8.91. The number of urea groups is 1. The molecule has 1 fully saturated rings. The van der Waals surface area contributed by atoms with E-state index in [-0.39, 0.29) is 49.6 Å². The molecular weight excluding hydrogens is 673 g/mol. The fourth-order valence-electron chi connectivity index (χ4n) is 5.98. The number of halogens is 1. The molecule has 14 nitrogen and oxygen atoms in total. The predicted octanol–water partition coefficient (Wildman–Crippen LogP) is 5.00. The lowest BCUT2D eigenvalue weighted by atomic mass is 10.1. The number of carbonyl (C=O) groups excluding carboxylic acids is 3. The van der Waals surface area contributed by atoms with Crippen LogP contribution in [0.25, 0.3) is 10.9 Å². The van der Waals surface area contributed by atoms with E-state index in [1.165, 1.54) is 60.0 Å². The maximum atomic E-state index is 14.3. The second-order valence-corrected chi connectivity index (χ2v) is 12.6. The number of benzene rings is 3. The molecule has 2 atom stereocenters. The zero-order valence-electron chi connectivity index (χ0n) is 30.3. The van der Waals surface area contributed by atoms with Crippen molar-refractivity contribution in [1.29, 1.82) is 0 Å². The summed E-state index contributed by atoms with van der Waals surface area (Å²) >= 11 is 0. The number of rotatable bonds is 10. The van der Waals surface area contributed by atoms with E-state index in [4.69, 9.17) is 19.2 Å². The minimum Gasteiger partial charge on any atom is -0.497 e. The Hall–Kier alpha value is -5.86. The number of para-hydroxylation sites is 1. The summed E-state index contributed by atoms with van der Waals surface area (Å²) in [5, 5.41) is 5.01. The number of aromatic nitrogens is 2. The van der Waals surface area contributed by atoms with Crippen molar-refractivity contribution in [2.45, 2.75) is 45.9 Å². The van der Waals surface area contributed by atoms with Gasteiger partial charge in [0.25, 0.3) is 5.56 Å². The average Bonchev–Trinajstić information content (AvgIpc) is 3.14. The quantitative estimate of drug-likeness (QED) is 0.240. The maximum Gasteiger partial charge on any atom is 0.410 e. The van der Waals surface area contributed by atoms with Gasteiger partial charge in [-0.15, -0.1) is 0 Å². The minimum atomic E-state index is -0.889. The van der Waals surface area contributed by atoms with Gasteiger partial charge in [-0.2, -0.15) is 0 Å². The molecule has 0 radical (unpaired) electrons. The highest BCUT2D eigenvalue weighted by Gasteiger charge is 2.34. The number of nitrogens with zero attached hydrogens (tertiary/aromatic N) is 6. The van der Waals surface area contributed by atoms with E-state index in [2.05, 4.69) is 5.32 Å². The first-order valence-corrected chi connectivity index (χ1v) is 16.9. The molecule has 2 heterocycles. The SMILES string of the molecule is COc1ccc(N(C(=O)Nc2ccc(F)cc2)C(C)c2nc3ccccc3c(=O)n2N2CCN(C(=O)[C@H](C)N(C)C(=O)OC(C)C)CC2)c(OC)c1. The molecule has 0 aliphatic carbocycles. The molecule has 4 aromatic rings. The maximum absolute atomic E-state index is 14.3. The molecule has 52 heavy (non-hydrogen) atoms. The van der Waals surface area contributed by atoms with E-state index in [9.17, 15) is 23.6 Å². The summed E-state index contributed by atoms with van der Waals surface area (Å²) in [5.41, 5.74) is 0.787. The van der Waals surface area contributed by atoms with Crippen LogP contribution in [0, 0.1) is 5.82 Å². The molecular formula is C37H44FN7O7. The van der Waals surface area contributed by atoms with Crippen LogP contribution in [0.15, 0.2) is 71.5 Å². The zero-order chi connectivity index (χ0) is 37.7. The number of methoxy groups -OCH3 is 2. The molecule has 0 bridgehead atoms. The van der Waals surface area contributed by atoms with Gasteiger partial charge in [0, 0.05) is 31.9 Å². The highest BCUT2D eigenvalue weighted by molar-refractivity contribution is 6.03. The van der Waals surface area contributed by atoms with Crippen LogP contribution in [-0.4, -0.2) is 97.1 Å². The minimum absolute atomic E-state index is 0.250. The second-order valence-electron chi connectivity index (χ2n) is 12.6. The Morgan fingerprint density at radius 1 is 0.904 bits per heavy atom. The van der Waals surface area contributed by atoms with E-state index in [1.54, 1.807) is 80.1 Å². The smallest absolute Gasteiger partial charge is 0.410 e. The number of hydrogen-bond acceptors (Lipinski definition) is 9.